The van der Waals surface area contributed by atoms with Crippen LogP contribution in [0.4, 0.5) is 17.8 Å². The maximum Gasteiger partial charge on any atom is 0.232 e. The molecule has 0 atom stereocenters. The van der Waals surface area contributed by atoms with Crippen molar-refractivity contribution in [2.45, 2.75) is 0 Å². The summed E-state index contributed by atoms with van der Waals surface area (Å²) in [5, 5.41) is 5.84. The van der Waals surface area contributed by atoms with E-state index in [0.29, 0.717) is 17.8 Å². The van der Waals surface area contributed by atoms with Crippen LogP contribution < -0.4 is 15.5 Å². The van der Waals surface area contributed by atoms with E-state index in [1.165, 1.54) is 0 Å². The van der Waals surface area contributed by atoms with Crippen LogP contribution in [0.3, 0.4) is 0 Å². The quantitative estimate of drug-likeness (QED) is 0.805. The van der Waals surface area contributed by atoms with Gasteiger partial charge in [-0.05, 0) is 0 Å². The number of morpholine rings is 1. The third kappa shape index (κ3) is 3.31. The van der Waals surface area contributed by atoms with Crippen LogP contribution in [-0.4, -0.2) is 55.4 Å². The van der Waals surface area contributed by atoms with Crippen molar-refractivity contribution in [1.82, 2.24) is 15.0 Å². The van der Waals surface area contributed by atoms with Gasteiger partial charge in [-0.3, -0.25) is 0 Å². The molecule has 1 aromatic heterocycles. The van der Waals surface area contributed by atoms with Crippen LogP contribution >= 0.6 is 12.4 Å². The Balaban J connectivity index is 0.00000144. The van der Waals surface area contributed by atoms with Gasteiger partial charge in [0.05, 0.1) is 13.2 Å². The molecule has 96 valence electrons. The molecule has 1 aliphatic rings. The Kier molecular flexibility index (Phi) is 5.17. The van der Waals surface area contributed by atoms with E-state index >= 15 is 0 Å². The second-order valence-corrected chi connectivity index (χ2v) is 3.38. The second-order valence-electron chi connectivity index (χ2n) is 3.38. The molecule has 2 rings (SSSR count). The Labute approximate surface area is 106 Å². The Morgan fingerprint density at radius 1 is 1.00 bits per heavy atom. The predicted molar refractivity (Wildman–Crippen MR) is 69.2 cm³/mol. The lowest BCUT2D eigenvalue weighted by Crippen LogP contribution is -2.37. The third-order valence-corrected chi connectivity index (χ3v) is 2.36. The normalized spacial score (nSPS) is 15.1. The molecule has 1 aliphatic heterocycles. The molecule has 2 heterocycles. The summed E-state index contributed by atoms with van der Waals surface area (Å²) in [7, 11) is 3.58. The largest absolute Gasteiger partial charge is 0.378 e. The molecular formula is C9H17ClN6O. The zero-order valence-electron chi connectivity index (χ0n) is 9.93. The van der Waals surface area contributed by atoms with Crippen molar-refractivity contribution >= 4 is 30.3 Å². The predicted octanol–water partition coefficient (Wildman–Crippen LogP) is 0.213. The highest BCUT2D eigenvalue weighted by molar-refractivity contribution is 5.85. The molecule has 1 aromatic rings. The minimum Gasteiger partial charge on any atom is -0.378 e. The molecular weight excluding hydrogens is 244 g/mol. The van der Waals surface area contributed by atoms with E-state index in [1.807, 2.05) is 0 Å². The maximum atomic E-state index is 5.29. The average molecular weight is 261 g/mol. The molecule has 0 aliphatic carbocycles. The van der Waals surface area contributed by atoms with Gasteiger partial charge in [0, 0.05) is 27.2 Å². The SMILES string of the molecule is CNc1nc(NC)nc(N2CCOCC2)n1.Cl. The standard InChI is InChI=1S/C9H16N6O.ClH/c1-10-7-12-8(11-2)14-9(13-7)15-3-5-16-6-4-15;/h3-6H2,1-2H3,(H2,10,11,12,13,14);1H. The summed E-state index contributed by atoms with van der Waals surface area (Å²) in [5.41, 5.74) is 0. The first kappa shape index (κ1) is 13.7. The van der Waals surface area contributed by atoms with E-state index < -0.39 is 0 Å². The number of rotatable bonds is 3. The van der Waals surface area contributed by atoms with Crippen molar-refractivity contribution in [2.75, 3.05) is 55.9 Å². The van der Waals surface area contributed by atoms with Crippen LogP contribution in [0, 0.1) is 0 Å². The van der Waals surface area contributed by atoms with E-state index in [-0.39, 0.29) is 12.4 Å². The molecule has 2 N–H and O–H groups in total. The van der Waals surface area contributed by atoms with Crippen LogP contribution in [0.5, 0.6) is 0 Å². The number of aromatic nitrogens is 3. The average Bonchev–Trinajstić information content (AvgIpc) is 2.39. The van der Waals surface area contributed by atoms with Gasteiger partial charge in [0.2, 0.25) is 17.8 Å². The van der Waals surface area contributed by atoms with Gasteiger partial charge in [-0.1, -0.05) is 0 Å². The monoisotopic (exact) mass is 260 g/mol. The van der Waals surface area contributed by atoms with E-state index in [1.54, 1.807) is 14.1 Å². The summed E-state index contributed by atoms with van der Waals surface area (Å²) in [6, 6.07) is 0. The van der Waals surface area contributed by atoms with E-state index in [9.17, 15) is 0 Å². The Bertz CT molecular complexity index is 335. The molecule has 0 unspecified atom stereocenters. The lowest BCUT2D eigenvalue weighted by atomic mass is 10.4. The van der Waals surface area contributed by atoms with E-state index in [0.717, 1.165) is 26.3 Å². The topological polar surface area (TPSA) is 75.2 Å². The van der Waals surface area contributed by atoms with Crippen LogP contribution in [0.15, 0.2) is 0 Å². The minimum absolute atomic E-state index is 0. The number of hydrogen-bond donors (Lipinski definition) is 2. The van der Waals surface area contributed by atoms with Crippen molar-refractivity contribution in [1.29, 1.82) is 0 Å². The summed E-state index contributed by atoms with van der Waals surface area (Å²) < 4.78 is 5.29. The molecule has 8 heteroatoms. The number of hydrogen-bond acceptors (Lipinski definition) is 7. The molecule has 0 amide bonds. The van der Waals surface area contributed by atoms with Gasteiger partial charge in [-0.25, -0.2) is 0 Å². The Morgan fingerprint density at radius 2 is 1.53 bits per heavy atom. The number of nitrogens with zero attached hydrogens (tertiary/aromatic N) is 4. The van der Waals surface area contributed by atoms with Crippen molar-refractivity contribution in [3.63, 3.8) is 0 Å². The molecule has 0 radical (unpaired) electrons. The molecule has 0 aromatic carbocycles. The Hall–Kier alpha value is -1.34. The molecule has 0 spiro atoms. The number of halogens is 1. The lowest BCUT2D eigenvalue weighted by molar-refractivity contribution is 0.122. The number of nitrogens with one attached hydrogen (secondary N) is 2. The number of ether oxygens (including phenoxy) is 1. The fourth-order valence-corrected chi connectivity index (χ4v) is 1.49. The van der Waals surface area contributed by atoms with Crippen molar-refractivity contribution in [3.8, 4) is 0 Å². The first-order valence-corrected chi connectivity index (χ1v) is 5.28. The first-order valence-electron chi connectivity index (χ1n) is 5.28. The van der Waals surface area contributed by atoms with Crippen LogP contribution in [0.2, 0.25) is 0 Å². The van der Waals surface area contributed by atoms with Gasteiger partial charge in [0.1, 0.15) is 0 Å². The van der Waals surface area contributed by atoms with Crippen LogP contribution in [0.1, 0.15) is 0 Å². The fourth-order valence-electron chi connectivity index (χ4n) is 1.49. The van der Waals surface area contributed by atoms with E-state index in [4.69, 9.17) is 4.74 Å². The third-order valence-electron chi connectivity index (χ3n) is 2.36. The fraction of sp³-hybridized carbons (Fsp3) is 0.667. The van der Waals surface area contributed by atoms with E-state index in [2.05, 4.69) is 30.5 Å². The van der Waals surface area contributed by atoms with Crippen LogP contribution in [-0.2, 0) is 4.74 Å². The lowest BCUT2D eigenvalue weighted by Gasteiger charge is -2.26. The highest BCUT2D eigenvalue weighted by Crippen LogP contribution is 2.14. The van der Waals surface area contributed by atoms with Gasteiger partial charge in [-0.2, -0.15) is 15.0 Å². The first-order chi connectivity index (χ1) is 7.83. The molecule has 17 heavy (non-hydrogen) atoms. The molecule has 1 saturated heterocycles. The van der Waals surface area contributed by atoms with Gasteiger partial charge in [0.25, 0.3) is 0 Å². The highest BCUT2D eigenvalue weighted by atomic mass is 35.5. The van der Waals surface area contributed by atoms with Crippen molar-refractivity contribution in [3.05, 3.63) is 0 Å². The summed E-state index contributed by atoms with van der Waals surface area (Å²) in [4.78, 5) is 14.9. The van der Waals surface area contributed by atoms with Gasteiger partial charge in [-0.15, -0.1) is 12.4 Å². The summed E-state index contributed by atoms with van der Waals surface area (Å²) in [5.74, 6) is 1.83. The molecule has 0 bridgehead atoms. The highest BCUT2D eigenvalue weighted by Gasteiger charge is 2.15. The zero-order valence-corrected chi connectivity index (χ0v) is 10.8. The van der Waals surface area contributed by atoms with Gasteiger partial charge in [0.15, 0.2) is 0 Å². The van der Waals surface area contributed by atoms with Gasteiger partial charge >= 0.3 is 0 Å². The zero-order chi connectivity index (χ0) is 11.4. The van der Waals surface area contributed by atoms with Crippen LogP contribution in [0.25, 0.3) is 0 Å². The number of anilines is 3. The maximum absolute atomic E-state index is 5.29. The molecule has 7 nitrogen and oxygen atoms in total. The smallest absolute Gasteiger partial charge is 0.232 e. The molecule has 1 fully saturated rings. The summed E-state index contributed by atoms with van der Waals surface area (Å²) >= 11 is 0. The van der Waals surface area contributed by atoms with Gasteiger partial charge < -0.3 is 20.3 Å². The summed E-state index contributed by atoms with van der Waals surface area (Å²) in [6.45, 7) is 3.07. The van der Waals surface area contributed by atoms with Crippen molar-refractivity contribution in [2.24, 2.45) is 0 Å². The molecule has 0 saturated carbocycles. The second kappa shape index (κ2) is 6.41. The van der Waals surface area contributed by atoms with Crippen molar-refractivity contribution < 1.29 is 4.74 Å². The minimum atomic E-state index is 0. The Morgan fingerprint density at radius 3 is 2.00 bits per heavy atom. The summed E-state index contributed by atoms with van der Waals surface area (Å²) in [6.07, 6.45) is 0.